The van der Waals surface area contributed by atoms with Gasteiger partial charge in [-0.1, -0.05) is 89.5 Å². The van der Waals surface area contributed by atoms with E-state index in [-0.39, 0.29) is 10.9 Å². The van der Waals surface area contributed by atoms with Gasteiger partial charge in [0.05, 0.1) is 18.3 Å². The summed E-state index contributed by atoms with van der Waals surface area (Å²) in [6.07, 6.45) is 0.532. The molecule has 0 unspecified atom stereocenters. The van der Waals surface area contributed by atoms with Crippen molar-refractivity contribution in [3.8, 4) is 0 Å². The summed E-state index contributed by atoms with van der Waals surface area (Å²) in [6.45, 7) is 6.27. The molecule has 0 aliphatic carbocycles. The Morgan fingerprint density at radius 1 is 0.794 bits per heavy atom. The van der Waals surface area contributed by atoms with Crippen LogP contribution in [0.1, 0.15) is 45.2 Å². The molecule has 0 spiro atoms. The highest BCUT2D eigenvalue weighted by Gasteiger charge is 2.28. The van der Waals surface area contributed by atoms with E-state index in [1.54, 1.807) is 4.57 Å². The maximum atomic E-state index is 13.5. The van der Waals surface area contributed by atoms with Crippen molar-refractivity contribution in [2.75, 3.05) is 0 Å². The van der Waals surface area contributed by atoms with Gasteiger partial charge in [-0.2, -0.15) is 0 Å². The fourth-order valence-electron chi connectivity index (χ4n) is 4.22. The number of aryl methyl sites for hydroxylation is 3. The van der Waals surface area contributed by atoms with Crippen LogP contribution in [0, 0.1) is 20.8 Å². The molecule has 176 valence electrons. The summed E-state index contributed by atoms with van der Waals surface area (Å²) in [5.41, 5.74) is 12.5. The first-order valence-corrected chi connectivity index (χ1v) is 12.9. The van der Waals surface area contributed by atoms with Gasteiger partial charge in [0.2, 0.25) is 15.0 Å². The first-order valence-electron chi connectivity index (χ1n) is 11.3. The first kappa shape index (κ1) is 23.9. The van der Waals surface area contributed by atoms with Gasteiger partial charge in [0.25, 0.3) is 0 Å². The summed E-state index contributed by atoms with van der Waals surface area (Å²) < 4.78 is 28.7. The number of sulfone groups is 1. The predicted octanol–water partition coefficient (Wildman–Crippen LogP) is 4.47. The van der Waals surface area contributed by atoms with Crippen LogP contribution in [0.15, 0.2) is 78.0 Å². The molecule has 6 nitrogen and oxygen atoms in total. The lowest BCUT2D eigenvalue weighted by molar-refractivity contribution is 0.553. The third-order valence-corrected chi connectivity index (χ3v) is 7.32. The minimum atomic E-state index is -3.76. The van der Waals surface area contributed by atoms with Crippen molar-refractivity contribution in [1.29, 1.82) is 0 Å². The van der Waals surface area contributed by atoms with E-state index in [9.17, 15) is 8.42 Å². The van der Waals surface area contributed by atoms with Gasteiger partial charge in [0.15, 0.2) is 5.82 Å². The first-order chi connectivity index (χ1) is 16.2. The second-order valence-electron chi connectivity index (χ2n) is 8.96. The largest absolute Gasteiger partial charge is 0.321 e. The van der Waals surface area contributed by atoms with Crippen molar-refractivity contribution < 1.29 is 8.42 Å². The fourth-order valence-corrected chi connectivity index (χ4v) is 5.62. The number of aromatic nitrogens is 3. The molecular formula is C27H30N4O2S. The zero-order valence-corrected chi connectivity index (χ0v) is 20.6. The molecule has 0 saturated heterocycles. The van der Waals surface area contributed by atoms with E-state index in [2.05, 4.69) is 10.2 Å². The van der Waals surface area contributed by atoms with Crippen LogP contribution >= 0.6 is 0 Å². The lowest BCUT2D eigenvalue weighted by Crippen LogP contribution is -2.22. The second kappa shape index (κ2) is 9.91. The van der Waals surface area contributed by atoms with E-state index in [0.29, 0.717) is 18.8 Å². The van der Waals surface area contributed by atoms with E-state index >= 15 is 0 Å². The van der Waals surface area contributed by atoms with E-state index in [1.165, 1.54) is 0 Å². The highest BCUT2D eigenvalue weighted by Crippen LogP contribution is 2.23. The van der Waals surface area contributed by atoms with Crippen LogP contribution in [0.2, 0.25) is 0 Å². The summed E-state index contributed by atoms with van der Waals surface area (Å²) in [4.78, 5) is 0. The lowest BCUT2D eigenvalue weighted by Gasteiger charge is -2.16. The Labute approximate surface area is 201 Å². The molecule has 0 bridgehead atoms. The molecule has 0 fully saturated rings. The molecule has 1 atom stereocenters. The fraction of sp³-hybridized carbons (Fsp3) is 0.259. The van der Waals surface area contributed by atoms with Gasteiger partial charge in [0, 0.05) is 0 Å². The summed E-state index contributed by atoms with van der Waals surface area (Å²) in [5.74, 6) is 0.318. The third-order valence-electron chi connectivity index (χ3n) is 5.75. The average molecular weight is 475 g/mol. The zero-order chi connectivity index (χ0) is 24.3. The number of benzene rings is 3. The van der Waals surface area contributed by atoms with Crippen LogP contribution in [0.25, 0.3) is 0 Å². The predicted molar refractivity (Wildman–Crippen MR) is 134 cm³/mol. The number of nitrogens with two attached hydrogens (primary N) is 1. The maximum Gasteiger partial charge on any atom is 0.250 e. The molecule has 2 N–H and O–H groups in total. The van der Waals surface area contributed by atoms with Crippen molar-refractivity contribution in [1.82, 2.24) is 14.8 Å². The van der Waals surface area contributed by atoms with Gasteiger partial charge in [0.1, 0.15) is 0 Å². The molecule has 3 aromatic carbocycles. The minimum absolute atomic E-state index is 0.0502. The summed E-state index contributed by atoms with van der Waals surface area (Å²) in [7, 11) is -3.76. The van der Waals surface area contributed by atoms with Crippen molar-refractivity contribution >= 4 is 9.84 Å². The number of hydrogen-bond acceptors (Lipinski definition) is 5. The van der Waals surface area contributed by atoms with Crippen molar-refractivity contribution in [2.45, 2.75) is 50.7 Å². The van der Waals surface area contributed by atoms with Crippen molar-refractivity contribution in [3.05, 3.63) is 112 Å². The van der Waals surface area contributed by atoms with Gasteiger partial charge < -0.3 is 5.73 Å². The summed E-state index contributed by atoms with van der Waals surface area (Å²) in [6, 6.07) is 23.2. The molecule has 34 heavy (non-hydrogen) atoms. The highest BCUT2D eigenvalue weighted by atomic mass is 32.2. The molecule has 1 aromatic heterocycles. The van der Waals surface area contributed by atoms with Gasteiger partial charge in [-0.3, -0.25) is 4.57 Å². The van der Waals surface area contributed by atoms with Gasteiger partial charge >= 0.3 is 0 Å². The Bertz CT molecular complexity index is 1360. The topological polar surface area (TPSA) is 90.9 Å². The van der Waals surface area contributed by atoms with Gasteiger partial charge in [-0.25, -0.2) is 8.42 Å². The zero-order valence-electron chi connectivity index (χ0n) is 19.8. The second-order valence-corrected chi connectivity index (χ2v) is 10.8. The quantitative estimate of drug-likeness (QED) is 0.407. The standard InChI is InChI=1S/C27H30N4O2S/c1-19-9-11-23(12-10-19)17-31-26(25(28)16-22-7-5-4-6-8-22)29-30-27(31)34(32,33)18-24-14-20(2)13-21(3)15-24/h4-15,25H,16-18,28H2,1-3H3/t25-/m0/s1. The lowest BCUT2D eigenvalue weighted by atomic mass is 10.1. The smallest absolute Gasteiger partial charge is 0.250 e. The Morgan fingerprint density at radius 2 is 1.44 bits per heavy atom. The monoisotopic (exact) mass is 474 g/mol. The molecule has 1 heterocycles. The van der Waals surface area contributed by atoms with Crippen molar-refractivity contribution in [3.63, 3.8) is 0 Å². The maximum absolute atomic E-state index is 13.5. The van der Waals surface area contributed by atoms with E-state index in [0.717, 1.165) is 33.4 Å². The number of nitrogens with zero attached hydrogens (tertiary/aromatic N) is 3. The molecule has 0 saturated carbocycles. The van der Waals surface area contributed by atoms with Crippen LogP contribution in [-0.2, 0) is 28.6 Å². The van der Waals surface area contributed by atoms with E-state index in [1.807, 2.05) is 93.6 Å². The molecule has 0 amide bonds. The van der Waals surface area contributed by atoms with Crippen molar-refractivity contribution in [2.24, 2.45) is 5.73 Å². The Kier molecular flexibility index (Phi) is 6.95. The normalized spacial score (nSPS) is 12.6. The summed E-state index contributed by atoms with van der Waals surface area (Å²) in [5, 5.41) is 8.38. The van der Waals surface area contributed by atoms with Crippen LogP contribution in [-0.4, -0.2) is 23.2 Å². The molecule has 0 aliphatic heterocycles. The van der Waals surface area contributed by atoms with E-state index < -0.39 is 15.9 Å². The summed E-state index contributed by atoms with van der Waals surface area (Å²) >= 11 is 0. The molecular weight excluding hydrogens is 444 g/mol. The molecule has 4 aromatic rings. The average Bonchev–Trinajstić information content (AvgIpc) is 3.20. The molecule has 0 radical (unpaired) electrons. The Balaban J connectivity index is 1.72. The Hall–Kier alpha value is -3.29. The van der Waals surface area contributed by atoms with E-state index in [4.69, 9.17) is 5.73 Å². The van der Waals surface area contributed by atoms with Gasteiger partial charge in [-0.05, 0) is 43.9 Å². The number of rotatable bonds is 8. The molecule has 4 rings (SSSR count). The van der Waals surface area contributed by atoms with Gasteiger partial charge in [-0.15, -0.1) is 10.2 Å². The minimum Gasteiger partial charge on any atom is -0.321 e. The third kappa shape index (κ3) is 5.61. The molecule has 7 heteroatoms. The molecule has 0 aliphatic rings. The SMILES string of the molecule is Cc1ccc(Cn2c([C@@H](N)Cc3ccccc3)nnc2S(=O)(=O)Cc2cc(C)cc(C)c2)cc1. The van der Waals surface area contributed by atoms with Crippen LogP contribution in [0.4, 0.5) is 0 Å². The Morgan fingerprint density at radius 3 is 2.09 bits per heavy atom. The number of hydrogen-bond donors (Lipinski definition) is 1. The van der Waals surface area contributed by atoms with Crippen LogP contribution in [0.3, 0.4) is 0 Å². The van der Waals surface area contributed by atoms with Crippen LogP contribution in [0.5, 0.6) is 0 Å². The highest BCUT2D eigenvalue weighted by molar-refractivity contribution is 7.90. The van der Waals surface area contributed by atoms with Crippen LogP contribution < -0.4 is 5.73 Å².